The second-order valence-electron chi connectivity index (χ2n) is 6.01. The predicted molar refractivity (Wildman–Crippen MR) is 104 cm³/mol. The molecule has 0 fully saturated rings. The van der Waals surface area contributed by atoms with Crippen LogP contribution in [0.15, 0.2) is 97.2 Å². The molecule has 0 radical (unpaired) electrons. The first-order valence-electron chi connectivity index (χ1n) is 8.40. The molecule has 126 valence electrons. The highest BCUT2D eigenvalue weighted by Crippen LogP contribution is 2.38. The van der Waals surface area contributed by atoms with Crippen molar-refractivity contribution in [2.45, 2.75) is 0 Å². The number of rotatable bonds is 4. The van der Waals surface area contributed by atoms with Gasteiger partial charge in [-0.1, -0.05) is 78.9 Å². The monoisotopic (exact) mass is 339 g/mol. The van der Waals surface area contributed by atoms with Gasteiger partial charge in [-0.25, -0.2) is 4.79 Å². The van der Waals surface area contributed by atoms with E-state index in [4.69, 9.17) is 0 Å². The summed E-state index contributed by atoms with van der Waals surface area (Å²) in [6.45, 7) is 0. The van der Waals surface area contributed by atoms with Crippen molar-refractivity contribution in [1.82, 2.24) is 4.57 Å². The fraction of sp³-hybridized carbons (Fsp3) is 0. The minimum Gasteiger partial charge on any atom is -0.478 e. The molecule has 0 aliphatic heterocycles. The maximum atomic E-state index is 12.0. The molecular formula is C23H17NO2. The Labute approximate surface area is 151 Å². The van der Waals surface area contributed by atoms with E-state index in [2.05, 4.69) is 0 Å². The van der Waals surface area contributed by atoms with E-state index in [0.29, 0.717) is 5.56 Å². The Morgan fingerprint density at radius 2 is 1.19 bits per heavy atom. The summed E-state index contributed by atoms with van der Waals surface area (Å²) in [6.07, 6.45) is 1.71. The normalized spacial score (nSPS) is 10.6. The molecule has 0 unspecified atom stereocenters. The van der Waals surface area contributed by atoms with Crippen molar-refractivity contribution in [3.05, 3.63) is 103 Å². The van der Waals surface area contributed by atoms with Gasteiger partial charge in [-0.3, -0.25) is 0 Å². The van der Waals surface area contributed by atoms with E-state index in [-0.39, 0.29) is 0 Å². The number of carboxylic acid groups (broad SMARTS) is 1. The molecule has 0 amide bonds. The Kier molecular flexibility index (Phi) is 4.12. The number of para-hydroxylation sites is 1. The molecule has 4 aromatic rings. The van der Waals surface area contributed by atoms with Crippen molar-refractivity contribution in [2.75, 3.05) is 0 Å². The molecule has 0 aliphatic rings. The molecule has 3 nitrogen and oxygen atoms in total. The average molecular weight is 339 g/mol. The molecule has 3 heteroatoms. The summed E-state index contributed by atoms with van der Waals surface area (Å²) in [5.41, 5.74) is 4.68. The van der Waals surface area contributed by atoms with Crippen molar-refractivity contribution in [3.63, 3.8) is 0 Å². The number of hydrogen-bond donors (Lipinski definition) is 1. The SMILES string of the molecule is O=C(O)c1cn(-c2ccccc2)c(-c2ccccc2)c1-c1ccccc1. The van der Waals surface area contributed by atoms with Crippen molar-refractivity contribution in [3.8, 4) is 28.1 Å². The van der Waals surface area contributed by atoms with Gasteiger partial charge in [-0.05, 0) is 23.3 Å². The summed E-state index contributed by atoms with van der Waals surface area (Å²) in [7, 11) is 0. The topological polar surface area (TPSA) is 42.2 Å². The van der Waals surface area contributed by atoms with Gasteiger partial charge in [0.1, 0.15) is 0 Å². The molecular weight excluding hydrogens is 322 g/mol. The van der Waals surface area contributed by atoms with Crippen molar-refractivity contribution >= 4 is 5.97 Å². The van der Waals surface area contributed by atoms with Gasteiger partial charge >= 0.3 is 5.97 Å². The summed E-state index contributed by atoms with van der Waals surface area (Å²) in [6, 6.07) is 29.4. The van der Waals surface area contributed by atoms with E-state index in [9.17, 15) is 9.90 Å². The summed E-state index contributed by atoms with van der Waals surface area (Å²) >= 11 is 0. The zero-order chi connectivity index (χ0) is 17.9. The van der Waals surface area contributed by atoms with Crippen LogP contribution in [0.4, 0.5) is 0 Å². The summed E-state index contributed by atoms with van der Waals surface area (Å²) in [5, 5.41) is 9.85. The van der Waals surface area contributed by atoms with E-state index in [1.54, 1.807) is 6.20 Å². The molecule has 3 aromatic carbocycles. The lowest BCUT2D eigenvalue weighted by Crippen LogP contribution is -1.96. The Bertz CT molecular complexity index is 1040. The maximum absolute atomic E-state index is 12.0. The molecule has 26 heavy (non-hydrogen) atoms. The van der Waals surface area contributed by atoms with Gasteiger partial charge in [0.05, 0.1) is 11.3 Å². The molecule has 0 atom stereocenters. The molecule has 0 aliphatic carbocycles. The van der Waals surface area contributed by atoms with Crippen molar-refractivity contribution < 1.29 is 9.90 Å². The van der Waals surface area contributed by atoms with Crippen molar-refractivity contribution in [1.29, 1.82) is 0 Å². The Balaban J connectivity index is 2.09. The van der Waals surface area contributed by atoms with Gasteiger partial charge in [0.2, 0.25) is 0 Å². The first kappa shape index (κ1) is 15.9. The maximum Gasteiger partial charge on any atom is 0.337 e. The highest BCUT2D eigenvalue weighted by Gasteiger charge is 2.23. The second-order valence-corrected chi connectivity index (χ2v) is 6.01. The van der Waals surface area contributed by atoms with Crippen LogP contribution in [0.3, 0.4) is 0 Å². The lowest BCUT2D eigenvalue weighted by Gasteiger charge is -2.12. The lowest BCUT2D eigenvalue weighted by atomic mass is 9.98. The zero-order valence-electron chi connectivity index (χ0n) is 14.0. The predicted octanol–water partition coefficient (Wildman–Crippen LogP) is 5.51. The minimum atomic E-state index is -0.935. The number of benzene rings is 3. The quantitative estimate of drug-likeness (QED) is 0.533. The standard InChI is InChI=1S/C23H17NO2/c25-23(26)20-16-24(19-14-8-3-9-15-19)22(18-12-6-2-7-13-18)21(20)17-10-4-1-5-11-17/h1-16H,(H,25,26). The Morgan fingerprint density at radius 1 is 0.692 bits per heavy atom. The summed E-state index contributed by atoms with van der Waals surface area (Å²) in [4.78, 5) is 12.0. The molecule has 0 spiro atoms. The van der Waals surface area contributed by atoms with Crippen LogP contribution in [0, 0.1) is 0 Å². The van der Waals surface area contributed by atoms with Crippen LogP contribution < -0.4 is 0 Å². The van der Waals surface area contributed by atoms with Crippen LogP contribution in [-0.4, -0.2) is 15.6 Å². The number of nitrogens with zero attached hydrogens (tertiary/aromatic N) is 1. The number of carboxylic acids is 1. The minimum absolute atomic E-state index is 0.291. The molecule has 1 aromatic heterocycles. The van der Waals surface area contributed by atoms with Gasteiger partial charge < -0.3 is 9.67 Å². The largest absolute Gasteiger partial charge is 0.478 e. The molecule has 1 N–H and O–H groups in total. The van der Waals surface area contributed by atoms with Gasteiger partial charge in [0.15, 0.2) is 0 Å². The summed E-state index contributed by atoms with van der Waals surface area (Å²) in [5.74, 6) is -0.935. The first-order chi connectivity index (χ1) is 12.8. The third-order valence-electron chi connectivity index (χ3n) is 4.38. The first-order valence-corrected chi connectivity index (χ1v) is 8.40. The van der Waals surface area contributed by atoms with Crippen LogP contribution in [0.2, 0.25) is 0 Å². The number of hydrogen-bond acceptors (Lipinski definition) is 1. The highest BCUT2D eigenvalue weighted by molar-refractivity contribution is 6.01. The van der Waals surface area contributed by atoms with Gasteiger partial charge in [0.25, 0.3) is 0 Å². The van der Waals surface area contributed by atoms with Crippen LogP contribution in [0.25, 0.3) is 28.1 Å². The molecule has 0 bridgehead atoms. The smallest absolute Gasteiger partial charge is 0.337 e. The Hall–Kier alpha value is -3.59. The van der Waals surface area contributed by atoms with E-state index in [0.717, 1.165) is 28.1 Å². The third-order valence-corrected chi connectivity index (χ3v) is 4.38. The Morgan fingerprint density at radius 3 is 1.73 bits per heavy atom. The summed E-state index contributed by atoms with van der Waals surface area (Å²) < 4.78 is 1.96. The van der Waals surface area contributed by atoms with E-state index < -0.39 is 5.97 Å². The van der Waals surface area contributed by atoms with Crippen LogP contribution in [-0.2, 0) is 0 Å². The van der Waals surface area contributed by atoms with Crippen LogP contribution in [0.5, 0.6) is 0 Å². The molecule has 1 heterocycles. The van der Waals surface area contributed by atoms with Crippen LogP contribution in [0.1, 0.15) is 10.4 Å². The van der Waals surface area contributed by atoms with Gasteiger partial charge in [0, 0.05) is 17.4 Å². The zero-order valence-corrected chi connectivity index (χ0v) is 14.0. The fourth-order valence-electron chi connectivity index (χ4n) is 3.24. The third kappa shape index (κ3) is 2.80. The van der Waals surface area contributed by atoms with E-state index >= 15 is 0 Å². The number of aromatic carboxylic acids is 1. The van der Waals surface area contributed by atoms with E-state index in [1.165, 1.54) is 0 Å². The van der Waals surface area contributed by atoms with Crippen LogP contribution >= 0.6 is 0 Å². The molecule has 4 rings (SSSR count). The number of carbonyl (C=O) groups is 1. The van der Waals surface area contributed by atoms with Gasteiger partial charge in [-0.15, -0.1) is 0 Å². The lowest BCUT2D eigenvalue weighted by molar-refractivity contribution is 0.0698. The average Bonchev–Trinajstić information content (AvgIpc) is 3.11. The highest BCUT2D eigenvalue weighted by atomic mass is 16.4. The number of aromatic nitrogens is 1. The fourth-order valence-corrected chi connectivity index (χ4v) is 3.24. The van der Waals surface area contributed by atoms with Gasteiger partial charge in [-0.2, -0.15) is 0 Å². The van der Waals surface area contributed by atoms with Crippen molar-refractivity contribution in [2.24, 2.45) is 0 Å². The second kappa shape index (κ2) is 6.73. The molecule has 0 saturated carbocycles. The molecule has 0 saturated heterocycles. The van der Waals surface area contributed by atoms with E-state index in [1.807, 2.05) is 95.6 Å².